The van der Waals surface area contributed by atoms with Gasteiger partial charge in [0.1, 0.15) is 0 Å². The van der Waals surface area contributed by atoms with Gasteiger partial charge in [0.25, 0.3) is 0 Å². The zero-order chi connectivity index (χ0) is 16.8. The van der Waals surface area contributed by atoms with Crippen molar-refractivity contribution in [3.05, 3.63) is 88.1 Å². The Hall–Kier alpha value is -3.09. The van der Waals surface area contributed by atoms with Crippen molar-refractivity contribution in [2.45, 2.75) is 0 Å². The van der Waals surface area contributed by atoms with Crippen LogP contribution in [0.5, 0.6) is 0 Å². The van der Waals surface area contributed by atoms with E-state index in [1.165, 1.54) is 11.1 Å². The monoisotopic (exact) mass is 330 g/mol. The number of aromatic carboxylic acids is 1. The second-order valence-corrected chi connectivity index (χ2v) is 5.86. The summed E-state index contributed by atoms with van der Waals surface area (Å²) in [6.45, 7) is 0. The summed E-state index contributed by atoms with van der Waals surface area (Å²) in [5.41, 5.74) is 4.56. The molecule has 0 atom stereocenters. The standard InChI is InChI=1S/C21H14O2S/c22-21(23)18-11-9-16(10-12-18)5-1-2-6-17-7-3-4-8-20(17)19-13-14-24-15-19/h2-4,6-15H,(H,22,23)/b6-2+. The van der Waals surface area contributed by atoms with Crippen LogP contribution in [0.25, 0.3) is 17.2 Å². The summed E-state index contributed by atoms with van der Waals surface area (Å²) in [5, 5.41) is 13.1. The molecule has 3 heteroatoms. The fourth-order valence-corrected chi connectivity index (χ4v) is 2.93. The van der Waals surface area contributed by atoms with E-state index in [9.17, 15) is 4.79 Å². The van der Waals surface area contributed by atoms with Gasteiger partial charge in [-0.2, -0.15) is 11.3 Å². The van der Waals surface area contributed by atoms with Gasteiger partial charge in [0.15, 0.2) is 0 Å². The molecule has 1 aromatic heterocycles. The average molecular weight is 330 g/mol. The Morgan fingerprint density at radius 1 is 1.04 bits per heavy atom. The van der Waals surface area contributed by atoms with Crippen LogP contribution < -0.4 is 0 Å². The molecule has 2 aromatic carbocycles. The molecule has 2 nitrogen and oxygen atoms in total. The third-order valence-corrected chi connectivity index (χ3v) is 4.17. The van der Waals surface area contributed by atoms with Gasteiger partial charge in [-0.3, -0.25) is 0 Å². The molecule has 0 spiro atoms. The first-order chi connectivity index (χ1) is 11.7. The third kappa shape index (κ3) is 3.81. The first-order valence-corrected chi connectivity index (χ1v) is 8.31. The lowest BCUT2D eigenvalue weighted by Crippen LogP contribution is -1.94. The third-order valence-electron chi connectivity index (χ3n) is 3.49. The van der Waals surface area contributed by atoms with Crippen molar-refractivity contribution < 1.29 is 9.90 Å². The highest BCUT2D eigenvalue weighted by molar-refractivity contribution is 7.08. The maximum Gasteiger partial charge on any atom is 0.335 e. The molecule has 1 N–H and O–H groups in total. The number of thiophene rings is 1. The van der Waals surface area contributed by atoms with E-state index in [1.54, 1.807) is 35.6 Å². The average Bonchev–Trinajstić information content (AvgIpc) is 3.14. The molecule has 0 fully saturated rings. The Morgan fingerprint density at radius 3 is 2.54 bits per heavy atom. The Kier molecular flexibility index (Phi) is 4.90. The highest BCUT2D eigenvalue weighted by Gasteiger charge is 2.02. The minimum atomic E-state index is -0.931. The highest BCUT2D eigenvalue weighted by atomic mass is 32.1. The van der Waals surface area contributed by atoms with Crippen LogP contribution in [0.15, 0.2) is 71.4 Å². The molecule has 3 rings (SSSR count). The van der Waals surface area contributed by atoms with Crippen molar-refractivity contribution in [3.63, 3.8) is 0 Å². The molecule has 116 valence electrons. The fourth-order valence-electron chi connectivity index (χ4n) is 2.28. The molecule has 0 aliphatic heterocycles. The maximum atomic E-state index is 10.8. The van der Waals surface area contributed by atoms with Gasteiger partial charge in [-0.15, -0.1) is 0 Å². The topological polar surface area (TPSA) is 37.3 Å². The van der Waals surface area contributed by atoms with Crippen LogP contribution >= 0.6 is 11.3 Å². The summed E-state index contributed by atoms with van der Waals surface area (Å²) < 4.78 is 0. The van der Waals surface area contributed by atoms with Crippen molar-refractivity contribution in [1.82, 2.24) is 0 Å². The molecular weight excluding hydrogens is 316 g/mol. The van der Waals surface area contributed by atoms with Crippen LogP contribution in [0.3, 0.4) is 0 Å². The molecule has 0 aliphatic carbocycles. The van der Waals surface area contributed by atoms with E-state index in [-0.39, 0.29) is 5.56 Å². The number of carboxylic acids is 1. The zero-order valence-corrected chi connectivity index (χ0v) is 13.6. The normalized spacial score (nSPS) is 10.3. The summed E-state index contributed by atoms with van der Waals surface area (Å²) in [6, 6.07) is 16.8. The van der Waals surface area contributed by atoms with Gasteiger partial charge in [0, 0.05) is 5.56 Å². The predicted octanol–water partition coefficient (Wildman–Crippen LogP) is 5.18. The Morgan fingerprint density at radius 2 is 1.83 bits per heavy atom. The van der Waals surface area contributed by atoms with Crippen LogP contribution in [0.1, 0.15) is 21.5 Å². The minimum Gasteiger partial charge on any atom is -0.478 e. The van der Waals surface area contributed by atoms with Crippen molar-refractivity contribution >= 4 is 23.4 Å². The van der Waals surface area contributed by atoms with E-state index in [0.717, 1.165) is 11.1 Å². The summed E-state index contributed by atoms with van der Waals surface area (Å²) in [7, 11) is 0. The molecule has 0 saturated carbocycles. The number of allylic oxidation sites excluding steroid dienone is 1. The van der Waals surface area contributed by atoms with Crippen LogP contribution in [-0.2, 0) is 0 Å². The number of hydrogen-bond donors (Lipinski definition) is 1. The molecule has 24 heavy (non-hydrogen) atoms. The van der Waals surface area contributed by atoms with Crippen molar-refractivity contribution in [2.24, 2.45) is 0 Å². The summed E-state index contributed by atoms with van der Waals surface area (Å²) in [4.78, 5) is 10.8. The van der Waals surface area contributed by atoms with E-state index in [2.05, 4.69) is 40.8 Å². The van der Waals surface area contributed by atoms with E-state index < -0.39 is 5.97 Å². The summed E-state index contributed by atoms with van der Waals surface area (Å²) >= 11 is 1.68. The lowest BCUT2D eigenvalue weighted by molar-refractivity contribution is 0.0697. The van der Waals surface area contributed by atoms with Crippen LogP contribution in [0.4, 0.5) is 0 Å². The first-order valence-electron chi connectivity index (χ1n) is 7.37. The van der Waals surface area contributed by atoms with E-state index >= 15 is 0 Å². The van der Waals surface area contributed by atoms with Gasteiger partial charge in [0.2, 0.25) is 0 Å². The van der Waals surface area contributed by atoms with Crippen LogP contribution in [0.2, 0.25) is 0 Å². The quantitative estimate of drug-likeness (QED) is 0.672. The number of carbonyl (C=O) groups is 1. The molecule has 0 amide bonds. The van der Waals surface area contributed by atoms with Crippen molar-refractivity contribution in [2.75, 3.05) is 0 Å². The lowest BCUT2D eigenvalue weighted by Gasteiger charge is -2.02. The Bertz CT molecular complexity index is 924. The Balaban J connectivity index is 1.77. The highest BCUT2D eigenvalue weighted by Crippen LogP contribution is 2.26. The molecule has 0 unspecified atom stereocenters. The molecule has 0 bridgehead atoms. The number of carboxylic acid groups (broad SMARTS) is 1. The van der Waals surface area contributed by atoms with Crippen LogP contribution in [-0.4, -0.2) is 11.1 Å². The second kappa shape index (κ2) is 7.45. The van der Waals surface area contributed by atoms with Gasteiger partial charge in [-0.25, -0.2) is 4.79 Å². The van der Waals surface area contributed by atoms with Gasteiger partial charge in [-0.05, 0) is 69.9 Å². The SMILES string of the molecule is O=C(O)c1ccc(C#C/C=C/c2ccccc2-c2ccsc2)cc1. The second-order valence-electron chi connectivity index (χ2n) is 5.08. The zero-order valence-electron chi connectivity index (χ0n) is 12.8. The Labute approximate surface area is 144 Å². The molecular formula is C21H14O2S. The molecule has 0 radical (unpaired) electrons. The van der Waals surface area contributed by atoms with E-state index in [4.69, 9.17) is 5.11 Å². The van der Waals surface area contributed by atoms with E-state index in [1.807, 2.05) is 24.3 Å². The maximum absolute atomic E-state index is 10.8. The van der Waals surface area contributed by atoms with E-state index in [0.29, 0.717) is 0 Å². The predicted molar refractivity (Wildman–Crippen MR) is 99.1 cm³/mol. The molecule has 1 heterocycles. The summed E-state index contributed by atoms with van der Waals surface area (Å²) in [6.07, 6.45) is 3.81. The molecule has 0 aliphatic rings. The first kappa shape index (κ1) is 15.8. The van der Waals surface area contributed by atoms with Gasteiger partial charge >= 0.3 is 5.97 Å². The molecule has 0 saturated heterocycles. The van der Waals surface area contributed by atoms with Gasteiger partial charge in [0.05, 0.1) is 5.56 Å². The minimum absolute atomic E-state index is 0.265. The lowest BCUT2D eigenvalue weighted by atomic mass is 10.0. The van der Waals surface area contributed by atoms with Gasteiger partial charge < -0.3 is 5.11 Å². The number of hydrogen-bond acceptors (Lipinski definition) is 2. The largest absolute Gasteiger partial charge is 0.478 e. The number of rotatable bonds is 3. The molecule has 3 aromatic rings. The number of benzene rings is 2. The smallest absolute Gasteiger partial charge is 0.335 e. The van der Waals surface area contributed by atoms with Crippen molar-refractivity contribution in [3.8, 4) is 23.0 Å². The van der Waals surface area contributed by atoms with Gasteiger partial charge in [-0.1, -0.05) is 36.1 Å². The fraction of sp³-hybridized carbons (Fsp3) is 0. The summed E-state index contributed by atoms with van der Waals surface area (Å²) in [5.74, 6) is 5.07. The van der Waals surface area contributed by atoms with Crippen molar-refractivity contribution in [1.29, 1.82) is 0 Å². The van der Waals surface area contributed by atoms with Crippen LogP contribution in [0, 0.1) is 11.8 Å².